The number of nitrogens with zero attached hydrogens (tertiary/aromatic N) is 1. The summed E-state index contributed by atoms with van der Waals surface area (Å²) in [5, 5.41) is 0. The molecule has 4 nitrogen and oxygen atoms in total. The van der Waals surface area contributed by atoms with Crippen LogP contribution >= 0.6 is 0 Å². The van der Waals surface area contributed by atoms with Crippen LogP contribution in [0.25, 0.3) is 0 Å². The highest BCUT2D eigenvalue weighted by Crippen LogP contribution is 2.08. The van der Waals surface area contributed by atoms with Crippen LogP contribution in [0.15, 0.2) is 30.3 Å². The first kappa shape index (κ1) is 15.5. The number of ether oxygens (including phenoxy) is 1. The molecule has 1 amide bonds. The number of hydrogen-bond donors (Lipinski definition) is 1. The van der Waals surface area contributed by atoms with Crippen molar-refractivity contribution in [1.29, 1.82) is 0 Å². The van der Waals surface area contributed by atoms with E-state index in [4.69, 9.17) is 10.5 Å². The summed E-state index contributed by atoms with van der Waals surface area (Å²) in [5.74, 6) is 0.984. The number of para-hydroxylation sites is 1. The van der Waals surface area contributed by atoms with Crippen LogP contribution in [-0.4, -0.2) is 37.0 Å². The molecule has 1 unspecified atom stereocenters. The number of hydrogen-bond acceptors (Lipinski definition) is 3. The average molecular weight is 264 g/mol. The van der Waals surface area contributed by atoms with E-state index in [2.05, 4.69) is 0 Å². The second-order valence-corrected chi connectivity index (χ2v) is 4.85. The van der Waals surface area contributed by atoms with Gasteiger partial charge in [-0.15, -0.1) is 0 Å². The van der Waals surface area contributed by atoms with Gasteiger partial charge in [0.05, 0.1) is 6.54 Å². The molecule has 1 rings (SSSR count). The van der Waals surface area contributed by atoms with Crippen LogP contribution in [0, 0.1) is 0 Å². The lowest BCUT2D eigenvalue weighted by Crippen LogP contribution is -2.31. The highest BCUT2D eigenvalue weighted by atomic mass is 16.5. The van der Waals surface area contributed by atoms with Crippen LogP contribution in [-0.2, 0) is 4.79 Å². The molecule has 106 valence electrons. The Hall–Kier alpha value is -1.55. The molecule has 0 saturated heterocycles. The molecule has 19 heavy (non-hydrogen) atoms. The highest BCUT2D eigenvalue weighted by Gasteiger charge is 2.08. The van der Waals surface area contributed by atoms with Crippen LogP contribution in [0.4, 0.5) is 0 Å². The van der Waals surface area contributed by atoms with Gasteiger partial charge in [-0.05, 0) is 31.9 Å². The Kier molecular flexibility index (Phi) is 6.97. The van der Waals surface area contributed by atoms with Gasteiger partial charge in [0.15, 0.2) is 0 Å². The highest BCUT2D eigenvalue weighted by molar-refractivity contribution is 5.75. The summed E-state index contributed by atoms with van der Waals surface area (Å²) in [5.41, 5.74) is 5.65. The number of likely N-dealkylation sites (N-methyl/N-ethyl adjacent to an activating group) is 1. The van der Waals surface area contributed by atoms with E-state index in [9.17, 15) is 4.79 Å². The van der Waals surface area contributed by atoms with E-state index in [0.29, 0.717) is 19.6 Å². The zero-order chi connectivity index (χ0) is 14.1. The Morgan fingerprint density at radius 2 is 2.05 bits per heavy atom. The lowest BCUT2D eigenvalue weighted by Gasteiger charge is -2.17. The van der Waals surface area contributed by atoms with Crippen LogP contribution in [0.5, 0.6) is 5.75 Å². The largest absolute Gasteiger partial charge is 0.492 e. The summed E-state index contributed by atoms with van der Waals surface area (Å²) in [6, 6.07) is 9.78. The quantitative estimate of drug-likeness (QED) is 0.781. The molecule has 1 aromatic rings. The number of nitrogens with two attached hydrogens (primary N) is 1. The lowest BCUT2D eigenvalue weighted by molar-refractivity contribution is -0.130. The van der Waals surface area contributed by atoms with Gasteiger partial charge < -0.3 is 15.4 Å². The van der Waals surface area contributed by atoms with E-state index in [0.717, 1.165) is 18.6 Å². The van der Waals surface area contributed by atoms with Gasteiger partial charge in [0.2, 0.25) is 5.91 Å². The fraction of sp³-hybridized carbons (Fsp3) is 0.533. The molecule has 0 fully saturated rings. The number of carbonyl (C=O) groups excluding carboxylic acids is 1. The average Bonchev–Trinajstić information content (AvgIpc) is 2.39. The molecule has 1 aromatic carbocycles. The van der Waals surface area contributed by atoms with E-state index in [1.165, 1.54) is 0 Å². The smallest absolute Gasteiger partial charge is 0.222 e. The van der Waals surface area contributed by atoms with Crippen molar-refractivity contribution < 1.29 is 9.53 Å². The van der Waals surface area contributed by atoms with E-state index in [1.807, 2.05) is 44.3 Å². The van der Waals surface area contributed by atoms with Gasteiger partial charge in [-0.2, -0.15) is 0 Å². The summed E-state index contributed by atoms with van der Waals surface area (Å²) in [7, 11) is 1.81. The minimum absolute atomic E-state index is 0.150. The summed E-state index contributed by atoms with van der Waals surface area (Å²) >= 11 is 0. The molecule has 0 aliphatic carbocycles. The first-order valence-electron chi connectivity index (χ1n) is 6.77. The maximum Gasteiger partial charge on any atom is 0.222 e. The second-order valence-electron chi connectivity index (χ2n) is 4.85. The zero-order valence-corrected chi connectivity index (χ0v) is 11.8. The van der Waals surface area contributed by atoms with Crippen molar-refractivity contribution >= 4 is 5.91 Å². The molecule has 1 atom stereocenters. The van der Waals surface area contributed by atoms with Crippen LogP contribution in [0.3, 0.4) is 0 Å². The summed E-state index contributed by atoms with van der Waals surface area (Å²) in [6.07, 6.45) is 2.30. The predicted octanol–water partition coefficient (Wildman–Crippen LogP) is 2.04. The van der Waals surface area contributed by atoms with E-state index < -0.39 is 0 Å². The third-order valence-electron chi connectivity index (χ3n) is 2.91. The Balaban J connectivity index is 2.16. The van der Waals surface area contributed by atoms with Crippen LogP contribution in [0.1, 0.15) is 26.2 Å². The fourth-order valence-corrected chi connectivity index (χ4v) is 1.71. The van der Waals surface area contributed by atoms with Crippen molar-refractivity contribution in [2.45, 2.75) is 32.2 Å². The van der Waals surface area contributed by atoms with Gasteiger partial charge >= 0.3 is 0 Å². The topological polar surface area (TPSA) is 55.6 Å². The Morgan fingerprint density at radius 3 is 2.68 bits per heavy atom. The van der Waals surface area contributed by atoms with Gasteiger partial charge in [0.1, 0.15) is 12.4 Å². The van der Waals surface area contributed by atoms with Crippen LogP contribution in [0.2, 0.25) is 0 Å². The first-order valence-corrected chi connectivity index (χ1v) is 6.77. The van der Waals surface area contributed by atoms with Crippen molar-refractivity contribution in [1.82, 2.24) is 4.90 Å². The molecule has 0 spiro atoms. The Bertz CT molecular complexity index is 366. The molecule has 0 bridgehead atoms. The van der Waals surface area contributed by atoms with Crippen LogP contribution < -0.4 is 10.5 Å². The SMILES string of the molecule is CC(N)CCCC(=O)N(C)CCOc1ccccc1. The van der Waals surface area contributed by atoms with Crippen molar-refractivity contribution in [3.63, 3.8) is 0 Å². The first-order chi connectivity index (χ1) is 9.09. The maximum atomic E-state index is 11.8. The van der Waals surface area contributed by atoms with E-state index in [1.54, 1.807) is 4.90 Å². The van der Waals surface area contributed by atoms with Gasteiger partial charge in [-0.3, -0.25) is 4.79 Å². The van der Waals surface area contributed by atoms with Crippen molar-refractivity contribution in [2.24, 2.45) is 5.73 Å². The minimum Gasteiger partial charge on any atom is -0.492 e. The number of benzene rings is 1. The number of carbonyl (C=O) groups is 1. The fourth-order valence-electron chi connectivity index (χ4n) is 1.71. The lowest BCUT2D eigenvalue weighted by atomic mass is 10.1. The number of amides is 1. The summed E-state index contributed by atoms with van der Waals surface area (Å²) < 4.78 is 5.56. The zero-order valence-electron chi connectivity index (χ0n) is 11.8. The molecule has 0 aliphatic heterocycles. The molecular weight excluding hydrogens is 240 g/mol. The monoisotopic (exact) mass is 264 g/mol. The van der Waals surface area contributed by atoms with E-state index in [-0.39, 0.29) is 11.9 Å². The van der Waals surface area contributed by atoms with Crippen molar-refractivity contribution in [3.8, 4) is 5.75 Å². The van der Waals surface area contributed by atoms with E-state index >= 15 is 0 Å². The van der Waals surface area contributed by atoms with Crippen molar-refractivity contribution in [2.75, 3.05) is 20.2 Å². The summed E-state index contributed by atoms with van der Waals surface area (Å²) in [4.78, 5) is 13.5. The normalized spacial score (nSPS) is 11.9. The molecule has 0 aromatic heterocycles. The predicted molar refractivity (Wildman–Crippen MR) is 77.1 cm³/mol. The molecule has 2 N–H and O–H groups in total. The van der Waals surface area contributed by atoms with Gasteiger partial charge in [-0.25, -0.2) is 0 Å². The minimum atomic E-state index is 0.150. The maximum absolute atomic E-state index is 11.8. The Labute approximate surface area is 115 Å². The molecule has 0 radical (unpaired) electrons. The molecule has 0 heterocycles. The van der Waals surface area contributed by atoms with Gasteiger partial charge in [0.25, 0.3) is 0 Å². The molecule has 0 saturated carbocycles. The van der Waals surface area contributed by atoms with Crippen molar-refractivity contribution in [3.05, 3.63) is 30.3 Å². The standard InChI is InChI=1S/C15H24N2O2/c1-13(16)7-6-10-15(18)17(2)11-12-19-14-8-4-3-5-9-14/h3-5,8-9,13H,6-7,10-12,16H2,1-2H3. The second kappa shape index (κ2) is 8.53. The molecule has 0 aliphatic rings. The third-order valence-corrected chi connectivity index (χ3v) is 2.91. The van der Waals surface area contributed by atoms with Gasteiger partial charge in [0, 0.05) is 19.5 Å². The molecular formula is C15H24N2O2. The molecule has 4 heteroatoms. The Morgan fingerprint density at radius 1 is 1.37 bits per heavy atom. The third kappa shape index (κ3) is 6.82. The summed E-state index contributed by atoms with van der Waals surface area (Å²) in [6.45, 7) is 3.08. The van der Waals surface area contributed by atoms with Gasteiger partial charge in [-0.1, -0.05) is 18.2 Å². The number of rotatable bonds is 8.